The van der Waals surface area contributed by atoms with Crippen LogP contribution in [-0.2, 0) is 0 Å². The zero-order chi connectivity index (χ0) is 14.2. The molecule has 3 rings (SSSR count). The van der Waals surface area contributed by atoms with Crippen LogP contribution >= 0.6 is 11.3 Å². The molecule has 0 aliphatic heterocycles. The van der Waals surface area contributed by atoms with E-state index in [0.717, 1.165) is 24.3 Å². The summed E-state index contributed by atoms with van der Waals surface area (Å²) in [5.41, 5.74) is 7.04. The molecule has 1 aliphatic rings. The summed E-state index contributed by atoms with van der Waals surface area (Å²) in [6.45, 7) is 2.82. The summed E-state index contributed by atoms with van der Waals surface area (Å²) in [5.74, 6) is 0.720. The maximum Gasteiger partial charge on any atom is 0.0872 e. The van der Waals surface area contributed by atoms with Gasteiger partial charge in [0.05, 0.1) is 6.10 Å². The molecule has 0 bridgehead atoms. The van der Waals surface area contributed by atoms with Gasteiger partial charge in [0.25, 0.3) is 0 Å². The van der Waals surface area contributed by atoms with Gasteiger partial charge in [-0.15, -0.1) is 11.3 Å². The summed E-state index contributed by atoms with van der Waals surface area (Å²) < 4.78 is 1.25. The summed E-state index contributed by atoms with van der Waals surface area (Å²) in [5, 5.41) is 14.3. The second kappa shape index (κ2) is 5.47. The van der Waals surface area contributed by atoms with Gasteiger partial charge < -0.3 is 10.8 Å². The Hall–Kier alpha value is -0.900. The normalized spacial score (nSPS) is 28.1. The average molecular weight is 289 g/mol. The van der Waals surface area contributed by atoms with Crippen molar-refractivity contribution in [1.82, 2.24) is 0 Å². The van der Waals surface area contributed by atoms with Gasteiger partial charge in [-0.05, 0) is 47.6 Å². The number of aliphatic hydroxyl groups is 1. The highest BCUT2D eigenvalue weighted by atomic mass is 32.1. The zero-order valence-corrected chi connectivity index (χ0v) is 12.8. The van der Waals surface area contributed by atoms with Crippen LogP contribution in [0.25, 0.3) is 10.1 Å². The molecule has 2 nitrogen and oxygen atoms in total. The van der Waals surface area contributed by atoms with E-state index in [4.69, 9.17) is 5.73 Å². The van der Waals surface area contributed by atoms with Gasteiger partial charge in [0.15, 0.2) is 0 Å². The molecule has 1 aliphatic carbocycles. The Morgan fingerprint density at radius 1 is 1.45 bits per heavy atom. The van der Waals surface area contributed by atoms with Gasteiger partial charge in [-0.2, -0.15) is 0 Å². The van der Waals surface area contributed by atoms with Gasteiger partial charge in [0.1, 0.15) is 0 Å². The molecule has 2 aromatic rings. The summed E-state index contributed by atoms with van der Waals surface area (Å²) >= 11 is 1.72. The van der Waals surface area contributed by atoms with Gasteiger partial charge in [0, 0.05) is 16.7 Å². The summed E-state index contributed by atoms with van der Waals surface area (Å²) in [7, 11) is 0. The second-order valence-electron chi connectivity index (χ2n) is 6.17. The van der Waals surface area contributed by atoms with Crippen LogP contribution in [0.15, 0.2) is 29.6 Å². The van der Waals surface area contributed by atoms with E-state index in [2.05, 4.69) is 30.5 Å². The van der Waals surface area contributed by atoms with Crippen molar-refractivity contribution in [3.05, 3.63) is 35.2 Å². The molecule has 1 heterocycles. The third kappa shape index (κ3) is 2.18. The summed E-state index contributed by atoms with van der Waals surface area (Å²) in [6, 6.07) is 8.33. The molecule has 3 unspecified atom stereocenters. The Labute approximate surface area is 124 Å². The first-order valence-electron chi connectivity index (χ1n) is 7.54. The summed E-state index contributed by atoms with van der Waals surface area (Å²) in [6.07, 6.45) is 4.07. The zero-order valence-electron chi connectivity index (χ0n) is 12.0. The van der Waals surface area contributed by atoms with Crippen LogP contribution in [0, 0.1) is 11.3 Å². The minimum atomic E-state index is -0.430. The molecule has 1 aromatic carbocycles. The molecule has 20 heavy (non-hydrogen) atoms. The SMILES string of the molecule is CCC1CCC(CN)(C(O)c2csc3ccccc23)C1. The van der Waals surface area contributed by atoms with Crippen molar-refractivity contribution >= 4 is 21.4 Å². The maximum atomic E-state index is 11.0. The van der Waals surface area contributed by atoms with E-state index in [-0.39, 0.29) is 5.41 Å². The first-order valence-corrected chi connectivity index (χ1v) is 8.42. The molecular weight excluding hydrogens is 266 g/mol. The highest BCUT2D eigenvalue weighted by molar-refractivity contribution is 7.17. The van der Waals surface area contributed by atoms with Crippen LogP contribution in [-0.4, -0.2) is 11.7 Å². The molecule has 1 fully saturated rings. The average Bonchev–Trinajstić information content (AvgIpc) is 3.11. The predicted octanol–water partition coefficient (Wildman–Crippen LogP) is 4.09. The van der Waals surface area contributed by atoms with E-state index in [1.807, 2.05) is 6.07 Å². The molecular formula is C17H23NOS. The number of hydrogen-bond acceptors (Lipinski definition) is 3. The van der Waals surface area contributed by atoms with Crippen LogP contribution in [0.4, 0.5) is 0 Å². The van der Waals surface area contributed by atoms with E-state index < -0.39 is 6.10 Å². The van der Waals surface area contributed by atoms with E-state index in [1.165, 1.54) is 22.9 Å². The predicted molar refractivity (Wildman–Crippen MR) is 85.9 cm³/mol. The summed E-state index contributed by atoms with van der Waals surface area (Å²) in [4.78, 5) is 0. The van der Waals surface area contributed by atoms with Crippen molar-refractivity contribution < 1.29 is 5.11 Å². The minimum absolute atomic E-state index is 0.121. The lowest BCUT2D eigenvalue weighted by Crippen LogP contribution is -2.34. The van der Waals surface area contributed by atoms with Crippen LogP contribution in [0.3, 0.4) is 0 Å². The monoisotopic (exact) mass is 289 g/mol. The first-order chi connectivity index (χ1) is 9.70. The lowest BCUT2D eigenvalue weighted by atomic mass is 9.76. The highest BCUT2D eigenvalue weighted by Crippen LogP contribution is 2.51. The fourth-order valence-electron chi connectivity index (χ4n) is 3.70. The van der Waals surface area contributed by atoms with Crippen molar-refractivity contribution in [3.8, 4) is 0 Å². The maximum absolute atomic E-state index is 11.0. The minimum Gasteiger partial charge on any atom is -0.388 e. The van der Waals surface area contributed by atoms with Crippen molar-refractivity contribution in [3.63, 3.8) is 0 Å². The first kappa shape index (κ1) is 14.1. The largest absolute Gasteiger partial charge is 0.388 e. The molecule has 108 valence electrons. The Morgan fingerprint density at radius 2 is 2.25 bits per heavy atom. The third-order valence-electron chi connectivity index (χ3n) is 5.12. The Bertz CT molecular complexity index is 593. The van der Waals surface area contributed by atoms with Gasteiger partial charge in [-0.1, -0.05) is 31.5 Å². The fraction of sp³-hybridized carbons (Fsp3) is 0.529. The number of nitrogens with two attached hydrogens (primary N) is 1. The Balaban J connectivity index is 1.96. The van der Waals surface area contributed by atoms with Crippen molar-refractivity contribution in [2.45, 2.75) is 38.7 Å². The van der Waals surface area contributed by atoms with Gasteiger partial charge in [0.2, 0.25) is 0 Å². The van der Waals surface area contributed by atoms with E-state index in [1.54, 1.807) is 11.3 Å². The Morgan fingerprint density at radius 3 is 2.95 bits per heavy atom. The number of aliphatic hydroxyl groups excluding tert-OH is 1. The van der Waals surface area contributed by atoms with Crippen LogP contribution in [0.1, 0.15) is 44.3 Å². The molecule has 3 heteroatoms. The number of thiophene rings is 1. The molecule has 0 spiro atoms. The number of fused-ring (bicyclic) bond motifs is 1. The van der Waals surface area contributed by atoms with Crippen LogP contribution < -0.4 is 5.73 Å². The second-order valence-corrected chi connectivity index (χ2v) is 7.08. The molecule has 1 aromatic heterocycles. The molecule has 3 N–H and O–H groups in total. The van der Waals surface area contributed by atoms with Crippen LogP contribution in [0.5, 0.6) is 0 Å². The molecule has 0 saturated heterocycles. The topological polar surface area (TPSA) is 46.2 Å². The van der Waals surface area contributed by atoms with E-state index in [0.29, 0.717) is 6.54 Å². The fourth-order valence-corrected chi connectivity index (χ4v) is 4.68. The Kier molecular flexibility index (Phi) is 3.85. The number of rotatable bonds is 4. The standard InChI is InChI=1S/C17H23NOS/c1-2-12-7-8-17(9-12,11-18)16(19)14-10-20-15-6-4-3-5-13(14)15/h3-6,10,12,16,19H,2,7-9,11,18H2,1H3. The molecule has 0 radical (unpaired) electrons. The van der Waals surface area contributed by atoms with E-state index >= 15 is 0 Å². The van der Waals surface area contributed by atoms with Crippen molar-refractivity contribution in [1.29, 1.82) is 0 Å². The molecule has 3 atom stereocenters. The quantitative estimate of drug-likeness (QED) is 0.890. The third-order valence-corrected chi connectivity index (χ3v) is 6.10. The van der Waals surface area contributed by atoms with Crippen LogP contribution in [0.2, 0.25) is 0 Å². The highest BCUT2D eigenvalue weighted by Gasteiger charge is 2.44. The molecule has 0 amide bonds. The lowest BCUT2D eigenvalue weighted by Gasteiger charge is -2.33. The van der Waals surface area contributed by atoms with Gasteiger partial charge >= 0.3 is 0 Å². The van der Waals surface area contributed by atoms with Crippen molar-refractivity contribution in [2.24, 2.45) is 17.1 Å². The molecule has 1 saturated carbocycles. The van der Waals surface area contributed by atoms with Gasteiger partial charge in [-0.3, -0.25) is 0 Å². The van der Waals surface area contributed by atoms with E-state index in [9.17, 15) is 5.11 Å². The smallest absolute Gasteiger partial charge is 0.0872 e. The number of hydrogen-bond donors (Lipinski definition) is 2. The van der Waals surface area contributed by atoms with Gasteiger partial charge in [-0.25, -0.2) is 0 Å². The van der Waals surface area contributed by atoms with Crippen molar-refractivity contribution in [2.75, 3.05) is 6.54 Å². The number of benzene rings is 1. The lowest BCUT2D eigenvalue weighted by molar-refractivity contribution is 0.0315.